The lowest BCUT2D eigenvalue weighted by Gasteiger charge is -1.76. The number of rotatable bonds is 0. The van der Waals surface area contributed by atoms with Crippen LogP contribution in [0.15, 0.2) is 10.1 Å². The summed E-state index contributed by atoms with van der Waals surface area (Å²) in [6.45, 7) is 2.81. The van der Waals surface area contributed by atoms with Gasteiger partial charge in [-0.05, 0) is 0 Å². The smallest absolute Gasteiger partial charge is 0.0883 e. The molecule has 2 aliphatic rings. The molecule has 0 aromatic rings. The van der Waals surface area contributed by atoms with Crippen LogP contribution in [0.25, 0.3) is 0 Å². The van der Waals surface area contributed by atoms with E-state index in [1.54, 1.807) is 0 Å². The van der Waals surface area contributed by atoms with Gasteiger partial charge >= 0.3 is 0 Å². The highest BCUT2D eigenvalue weighted by Gasteiger charge is 1.83. The van der Waals surface area contributed by atoms with Gasteiger partial charge in [0.15, 0.2) is 0 Å². The third kappa shape index (κ3) is 3.19. The van der Waals surface area contributed by atoms with Gasteiger partial charge in [0.05, 0.1) is 6.67 Å². The molecule has 2 rings (SSSR count). The molecule has 0 aromatic carbocycles. The highest BCUT2D eigenvalue weighted by molar-refractivity contribution is 5.61. The summed E-state index contributed by atoms with van der Waals surface area (Å²) < 4.78 is 0. The van der Waals surface area contributed by atoms with Gasteiger partial charge in [-0.15, -0.1) is 0 Å². The van der Waals surface area contributed by atoms with E-state index < -0.39 is 0 Å². The maximum Gasteiger partial charge on any atom is 0.0883 e. The third-order valence-corrected chi connectivity index (χ3v) is 1.14. The zero-order valence-corrected chi connectivity index (χ0v) is 5.88. The Hall–Kier alpha value is -0.900. The Kier molecular flexibility index (Phi) is 3.56. The molecule has 0 bridgehead atoms. The molecule has 0 radical (unpaired) electrons. The van der Waals surface area contributed by atoms with E-state index in [1.165, 1.54) is 0 Å². The average Bonchev–Trinajstić information content (AvgIpc) is 2.67. The van der Waals surface area contributed by atoms with Crippen LogP contribution in [0.3, 0.4) is 0 Å². The summed E-state index contributed by atoms with van der Waals surface area (Å²) in [6.07, 6.45) is 4.85. The van der Waals surface area contributed by atoms with Crippen molar-refractivity contribution in [2.24, 2.45) is 10.1 Å². The first-order chi connectivity index (χ1) is 5.00. The van der Waals surface area contributed by atoms with Gasteiger partial charge in [-0.2, -0.15) is 5.10 Å². The Morgan fingerprint density at radius 2 is 2.30 bits per heavy atom. The topological polar surface area (TPSA) is 48.8 Å². The zero-order chi connectivity index (χ0) is 7.07. The molecular formula is C6H12N4. The van der Waals surface area contributed by atoms with Gasteiger partial charge in [-0.3, -0.25) is 10.3 Å². The molecule has 4 nitrogen and oxygen atoms in total. The lowest BCUT2D eigenvalue weighted by atomic mass is 10.5. The van der Waals surface area contributed by atoms with Crippen LogP contribution < -0.4 is 10.7 Å². The van der Waals surface area contributed by atoms with E-state index >= 15 is 0 Å². The maximum atomic E-state index is 3.85. The van der Waals surface area contributed by atoms with E-state index in [2.05, 4.69) is 20.8 Å². The molecule has 0 saturated heterocycles. The predicted octanol–water partition coefficient (Wildman–Crippen LogP) is -0.417. The SMILES string of the molecule is C1=NCNC1.C1=NNCC1. The van der Waals surface area contributed by atoms with Crippen molar-refractivity contribution >= 4 is 12.4 Å². The van der Waals surface area contributed by atoms with Crippen LogP contribution in [-0.2, 0) is 0 Å². The Bertz CT molecular complexity index is 102. The average molecular weight is 140 g/mol. The van der Waals surface area contributed by atoms with Crippen LogP contribution in [-0.4, -0.2) is 32.2 Å². The van der Waals surface area contributed by atoms with Gasteiger partial charge in [0.25, 0.3) is 0 Å². The molecule has 56 valence electrons. The second-order valence-corrected chi connectivity index (χ2v) is 1.99. The maximum absolute atomic E-state index is 3.85. The van der Waals surface area contributed by atoms with Gasteiger partial charge in [0.2, 0.25) is 0 Å². The minimum atomic E-state index is 0.819. The largest absolute Gasteiger partial charge is 0.310 e. The minimum Gasteiger partial charge on any atom is -0.310 e. The molecule has 2 N–H and O–H groups in total. The first-order valence-corrected chi connectivity index (χ1v) is 3.43. The fraction of sp³-hybridized carbons (Fsp3) is 0.667. The second-order valence-electron chi connectivity index (χ2n) is 1.99. The molecule has 0 unspecified atom stereocenters. The monoisotopic (exact) mass is 140 g/mol. The van der Waals surface area contributed by atoms with Crippen LogP contribution >= 0.6 is 0 Å². The Labute approximate surface area is 60.4 Å². The molecule has 0 atom stereocenters. The van der Waals surface area contributed by atoms with Crippen molar-refractivity contribution in [3.05, 3.63) is 0 Å². The Morgan fingerprint density at radius 3 is 2.50 bits per heavy atom. The second kappa shape index (κ2) is 4.93. The fourth-order valence-corrected chi connectivity index (χ4v) is 0.645. The normalized spacial score (nSPS) is 20.0. The first-order valence-electron chi connectivity index (χ1n) is 3.43. The summed E-state index contributed by atoms with van der Waals surface area (Å²) in [5, 5.41) is 6.71. The highest BCUT2D eigenvalue weighted by Crippen LogP contribution is 1.75. The molecule has 2 aliphatic heterocycles. The molecule has 4 heteroatoms. The first kappa shape index (κ1) is 7.21. The number of aliphatic imine (C=N–C) groups is 1. The molecule has 2 heterocycles. The van der Waals surface area contributed by atoms with Gasteiger partial charge in [-0.25, -0.2) is 0 Å². The number of hydrazone groups is 1. The van der Waals surface area contributed by atoms with Gasteiger partial charge in [0, 0.05) is 31.9 Å². The Balaban J connectivity index is 0.0000001000. The van der Waals surface area contributed by atoms with Crippen LogP contribution in [0.4, 0.5) is 0 Å². The summed E-state index contributed by atoms with van der Waals surface area (Å²) in [6, 6.07) is 0. The van der Waals surface area contributed by atoms with Crippen molar-refractivity contribution < 1.29 is 0 Å². The molecule has 10 heavy (non-hydrogen) atoms. The van der Waals surface area contributed by atoms with E-state index in [0.29, 0.717) is 0 Å². The summed E-state index contributed by atoms with van der Waals surface area (Å²) in [5.74, 6) is 0. The van der Waals surface area contributed by atoms with E-state index in [1.807, 2.05) is 12.4 Å². The summed E-state index contributed by atoms with van der Waals surface area (Å²) >= 11 is 0. The fourth-order valence-electron chi connectivity index (χ4n) is 0.645. The molecule has 0 spiro atoms. The van der Waals surface area contributed by atoms with Crippen molar-refractivity contribution in [2.75, 3.05) is 19.8 Å². The van der Waals surface area contributed by atoms with E-state index in [-0.39, 0.29) is 0 Å². The van der Waals surface area contributed by atoms with Crippen molar-refractivity contribution in [3.63, 3.8) is 0 Å². The zero-order valence-electron chi connectivity index (χ0n) is 5.88. The molecule has 0 aliphatic carbocycles. The van der Waals surface area contributed by atoms with Crippen LogP contribution in [0.5, 0.6) is 0 Å². The number of nitrogens with zero attached hydrogens (tertiary/aromatic N) is 2. The lowest BCUT2D eigenvalue weighted by Crippen LogP contribution is -2.06. The quantitative estimate of drug-likeness (QED) is 0.480. The minimum absolute atomic E-state index is 0.819. The highest BCUT2D eigenvalue weighted by atomic mass is 15.3. The summed E-state index contributed by atoms with van der Waals surface area (Å²) in [5.41, 5.74) is 2.79. The molecular weight excluding hydrogens is 128 g/mol. The van der Waals surface area contributed by atoms with Gasteiger partial charge in [0.1, 0.15) is 0 Å². The van der Waals surface area contributed by atoms with Gasteiger partial charge < -0.3 is 5.43 Å². The van der Waals surface area contributed by atoms with Crippen molar-refractivity contribution in [1.82, 2.24) is 10.7 Å². The van der Waals surface area contributed by atoms with E-state index in [0.717, 1.165) is 26.2 Å². The molecule has 0 amide bonds. The number of hydrogen-bond acceptors (Lipinski definition) is 4. The summed E-state index contributed by atoms with van der Waals surface area (Å²) in [4.78, 5) is 3.85. The number of hydrogen-bond donors (Lipinski definition) is 2. The van der Waals surface area contributed by atoms with Crippen molar-refractivity contribution in [1.29, 1.82) is 0 Å². The van der Waals surface area contributed by atoms with Crippen LogP contribution in [0.1, 0.15) is 6.42 Å². The standard InChI is InChI=1S/2C3H6N2/c1-2-5-3-4-1;1-2-4-5-3-1/h1,5H,2-3H2;2,5H,1,3H2. The predicted molar refractivity (Wildman–Crippen MR) is 42.5 cm³/mol. The third-order valence-electron chi connectivity index (χ3n) is 1.14. The Morgan fingerprint density at radius 1 is 1.30 bits per heavy atom. The van der Waals surface area contributed by atoms with Gasteiger partial charge in [-0.1, -0.05) is 0 Å². The van der Waals surface area contributed by atoms with Crippen LogP contribution in [0, 0.1) is 0 Å². The van der Waals surface area contributed by atoms with Crippen LogP contribution in [0.2, 0.25) is 0 Å². The molecule has 0 fully saturated rings. The van der Waals surface area contributed by atoms with E-state index in [4.69, 9.17) is 0 Å². The van der Waals surface area contributed by atoms with E-state index in [9.17, 15) is 0 Å². The lowest BCUT2D eigenvalue weighted by molar-refractivity contribution is 0.813. The molecule has 0 saturated carbocycles. The van der Waals surface area contributed by atoms with Crippen molar-refractivity contribution in [2.45, 2.75) is 6.42 Å². The number of nitrogens with one attached hydrogen (secondary N) is 2. The van der Waals surface area contributed by atoms with Crippen molar-refractivity contribution in [3.8, 4) is 0 Å². The summed E-state index contributed by atoms with van der Waals surface area (Å²) in [7, 11) is 0. The molecule has 0 aromatic heterocycles.